The van der Waals surface area contributed by atoms with Crippen LogP contribution in [0.3, 0.4) is 0 Å². The van der Waals surface area contributed by atoms with Crippen LogP contribution in [0.4, 0.5) is 5.69 Å². The molecule has 1 aliphatic carbocycles. The van der Waals surface area contributed by atoms with Crippen molar-refractivity contribution in [2.24, 2.45) is 0 Å². The van der Waals surface area contributed by atoms with Crippen LogP contribution in [0.5, 0.6) is 0 Å². The van der Waals surface area contributed by atoms with Crippen LogP contribution >= 0.6 is 15.9 Å². The van der Waals surface area contributed by atoms with Gasteiger partial charge in [-0.15, -0.1) is 0 Å². The summed E-state index contributed by atoms with van der Waals surface area (Å²) < 4.78 is 29.4. The Balaban J connectivity index is 1.65. The minimum Gasteiger partial charge on any atom is -0.352 e. The van der Waals surface area contributed by atoms with E-state index in [1.54, 1.807) is 55.5 Å². The van der Waals surface area contributed by atoms with Crippen LogP contribution in [-0.4, -0.2) is 43.8 Å². The van der Waals surface area contributed by atoms with Crippen molar-refractivity contribution in [3.05, 3.63) is 95.0 Å². The maximum atomic E-state index is 14.0. The average molecular weight is 613 g/mol. The summed E-state index contributed by atoms with van der Waals surface area (Å²) in [6.07, 6.45) is 5.16. The van der Waals surface area contributed by atoms with Crippen LogP contribution < -0.4 is 9.62 Å². The van der Waals surface area contributed by atoms with Gasteiger partial charge in [-0.25, -0.2) is 8.42 Å². The van der Waals surface area contributed by atoms with Gasteiger partial charge in [0.05, 0.1) is 10.6 Å². The first kappa shape index (κ1) is 28.8. The SMILES string of the molecule is C[C@H](C(=O)NC1CCCCC1)N(Cc1cccc(Br)c1)C(=O)CN(c1ccccc1)S(=O)(=O)c1ccccc1. The number of halogens is 1. The molecule has 39 heavy (non-hydrogen) atoms. The van der Waals surface area contributed by atoms with E-state index in [0.717, 1.165) is 40.0 Å². The van der Waals surface area contributed by atoms with Gasteiger partial charge in [-0.1, -0.05) is 83.7 Å². The van der Waals surface area contributed by atoms with E-state index in [4.69, 9.17) is 0 Å². The number of nitrogens with zero attached hydrogens (tertiary/aromatic N) is 2. The van der Waals surface area contributed by atoms with Crippen molar-refractivity contribution >= 4 is 43.5 Å². The Morgan fingerprint density at radius 3 is 2.21 bits per heavy atom. The maximum absolute atomic E-state index is 14.0. The Labute approximate surface area is 239 Å². The molecule has 0 aliphatic heterocycles. The fourth-order valence-corrected chi connectivity index (χ4v) is 6.71. The van der Waals surface area contributed by atoms with E-state index < -0.39 is 28.5 Å². The van der Waals surface area contributed by atoms with E-state index in [-0.39, 0.29) is 23.4 Å². The summed E-state index contributed by atoms with van der Waals surface area (Å²) in [5, 5.41) is 3.12. The molecule has 0 radical (unpaired) electrons. The summed E-state index contributed by atoms with van der Waals surface area (Å²) in [6.45, 7) is 1.41. The second-order valence-electron chi connectivity index (χ2n) is 9.83. The lowest BCUT2D eigenvalue weighted by atomic mass is 9.95. The number of hydrogen-bond donors (Lipinski definition) is 1. The van der Waals surface area contributed by atoms with E-state index >= 15 is 0 Å². The zero-order chi connectivity index (χ0) is 27.8. The average Bonchev–Trinajstić information content (AvgIpc) is 2.95. The number of rotatable bonds is 10. The first-order chi connectivity index (χ1) is 18.8. The van der Waals surface area contributed by atoms with Crippen LogP contribution in [0, 0.1) is 0 Å². The normalized spacial score (nSPS) is 14.8. The molecule has 0 aromatic heterocycles. The summed E-state index contributed by atoms with van der Waals surface area (Å²) in [7, 11) is -4.05. The fraction of sp³-hybridized carbons (Fsp3) is 0.333. The molecule has 0 unspecified atom stereocenters. The van der Waals surface area contributed by atoms with Crippen molar-refractivity contribution in [2.45, 2.75) is 62.6 Å². The highest BCUT2D eigenvalue weighted by Gasteiger charge is 2.33. The molecule has 0 bridgehead atoms. The van der Waals surface area contributed by atoms with Crippen LogP contribution in [-0.2, 0) is 26.2 Å². The third-order valence-electron chi connectivity index (χ3n) is 7.02. The van der Waals surface area contributed by atoms with Gasteiger partial charge in [0.2, 0.25) is 11.8 Å². The number of para-hydroxylation sites is 1. The number of carbonyl (C=O) groups excluding carboxylic acids is 2. The third-order valence-corrected chi connectivity index (χ3v) is 9.30. The van der Waals surface area contributed by atoms with E-state index in [0.29, 0.717) is 5.69 Å². The van der Waals surface area contributed by atoms with Crippen LogP contribution in [0.2, 0.25) is 0 Å². The first-order valence-corrected chi connectivity index (χ1v) is 15.5. The Morgan fingerprint density at radius 2 is 1.56 bits per heavy atom. The summed E-state index contributed by atoms with van der Waals surface area (Å²) in [6, 6.07) is 23.4. The standard InChI is InChI=1S/C30H34BrN3O4S/c1-23(30(36)32-26-14-5-2-6-15-26)33(21-24-12-11-13-25(31)20-24)29(35)22-34(27-16-7-3-8-17-27)39(37,38)28-18-9-4-10-19-28/h3-4,7-13,16-20,23,26H,2,5-6,14-15,21-22H2,1H3,(H,32,36)/t23-/m1/s1. The number of nitrogens with one attached hydrogen (secondary N) is 1. The highest BCUT2D eigenvalue weighted by atomic mass is 79.9. The van der Waals surface area contributed by atoms with Crippen LogP contribution in [0.15, 0.2) is 94.3 Å². The number of sulfonamides is 1. The molecule has 1 fully saturated rings. The molecule has 7 nitrogen and oxygen atoms in total. The Morgan fingerprint density at radius 1 is 0.923 bits per heavy atom. The van der Waals surface area contributed by atoms with E-state index in [1.165, 1.54) is 23.5 Å². The monoisotopic (exact) mass is 611 g/mol. The lowest BCUT2D eigenvalue weighted by Gasteiger charge is -2.33. The summed E-state index contributed by atoms with van der Waals surface area (Å²) in [5.74, 6) is -0.702. The molecule has 1 saturated carbocycles. The van der Waals surface area contributed by atoms with Gasteiger partial charge in [-0.2, -0.15) is 0 Å². The van der Waals surface area contributed by atoms with Gasteiger partial charge in [0.15, 0.2) is 0 Å². The minimum absolute atomic E-state index is 0.0864. The van der Waals surface area contributed by atoms with Crippen molar-refractivity contribution in [3.63, 3.8) is 0 Å². The maximum Gasteiger partial charge on any atom is 0.264 e. The number of hydrogen-bond acceptors (Lipinski definition) is 4. The first-order valence-electron chi connectivity index (χ1n) is 13.2. The highest BCUT2D eigenvalue weighted by Crippen LogP contribution is 2.25. The molecule has 1 atom stereocenters. The van der Waals surface area contributed by atoms with Crippen molar-refractivity contribution in [1.29, 1.82) is 0 Å². The van der Waals surface area contributed by atoms with Crippen molar-refractivity contribution < 1.29 is 18.0 Å². The molecule has 0 heterocycles. The van der Waals surface area contributed by atoms with Gasteiger partial charge in [0.1, 0.15) is 12.6 Å². The Bertz CT molecular complexity index is 1360. The molecule has 0 saturated heterocycles. The number of benzene rings is 3. The molecule has 4 rings (SSSR count). The second kappa shape index (κ2) is 13.3. The van der Waals surface area contributed by atoms with Gasteiger partial charge < -0.3 is 10.2 Å². The van der Waals surface area contributed by atoms with Gasteiger partial charge in [0, 0.05) is 17.1 Å². The largest absolute Gasteiger partial charge is 0.352 e. The zero-order valence-electron chi connectivity index (χ0n) is 22.0. The van der Waals surface area contributed by atoms with Gasteiger partial charge in [-0.3, -0.25) is 13.9 Å². The lowest BCUT2D eigenvalue weighted by molar-refractivity contribution is -0.139. The topological polar surface area (TPSA) is 86.8 Å². The van der Waals surface area contributed by atoms with E-state index in [2.05, 4.69) is 21.2 Å². The molecule has 1 N–H and O–H groups in total. The highest BCUT2D eigenvalue weighted by molar-refractivity contribution is 9.10. The molecule has 206 valence electrons. The quantitative estimate of drug-likeness (QED) is 0.327. The Kier molecular flexibility index (Phi) is 9.80. The second-order valence-corrected chi connectivity index (χ2v) is 12.6. The number of anilines is 1. The fourth-order valence-electron chi connectivity index (χ4n) is 4.83. The molecule has 1 aliphatic rings. The predicted molar refractivity (Wildman–Crippen MR) is 157 cm³/mol. The molecule has 3 aromatic rings. The molecule has 3 aromatic carbocycles. The molecular weight excluding hydrogens is 578 g/mol. The minimum atomic E-state index is -4.05. The lowest BCUT2D eigenvalue weighted by Crippen LogP contribution is -2.53. The van der Waals surface area contributed by atoms with Gasteiger partial charge >= 0.3 is 0 Å². The molecule has 9 heteroatoms. The zero-order valence-corrected chi connectivity index (χ0v) is 24.4. The van der Waals surface area contributed by atoms with Crippen LogP contribution in [0.1, 0.15) is 44.6 Å². The van der Waals surface area contributed by atoms with Crippen molar-refractivity contribution in [3.8, 4) is 0 Å². The van der Waals surface area contributed by atoms with Gasteiger partial charge in [-0.05, 0) is 61.7 Å². The van der Waals surface area contributed by atoms with Gasteiger partial charge in [0.25, 0.3) is 10.0 Å². The molecule has 2 amide bonds. The number of carbonyl (C=O) groups is 2. The Hall–Kier alpha value is -3.17. The summed E-state index contributed by atoms with van der Waals surface area (Å²) in [4.78, 5) is 28.9. The van der Waals surface area contributed by atoms with Crippen molar-refractivity contribution in [2.75, 3.05) is 10.8 Å². The molecule has 0 spiro atoms. The summed E-state index contributed by atoms with van der Waals surface area (Å²) >= 11 is 3.47. The molecular formula is C30H34BrN3O4S. The predicted octanol–water partition coefficient (Wildman–Crippen LogP) is 5.51. The van der Waals surface area contributed by atoms with Crippen LogP contribution in [0.25, 0.3) is 0 Å². The third kappa shape index (κ3) is 7.48. The van der Waals surface area contributed by atoms with E-state index in [1.807, 2.05) is 24.3 Å². The summed E-state index contributed by atoms with van der Waals surface area (Å²) in [5.41, 5.74) is 1.20. The number of amides is 2. The smallest absolute Gasteiger partial charge is 0.264 e. The van der Waals surface area contributed by atoms with Crippen molar-refractivity contribution in [1.82, 2.24) is 10.2 Å². The van der Waals surface area contributed by atoms with E-state index in [9.17, 15) is 18.0 Å².